The molecule has 3 heteroatoms. The molecule has 0 fully saturated rings. The number of nitrogens with two attached hydrogens (primary N) is 1. The molecule has 82 valence electrons. The summed E-state index contributed by atoms with van der Waals surface area (Å²) < 4.78 is 5.98. The van der Waals surface area contributed by atoms with E-state index in [4.69, 9.17) is 10.5 Å². The van der Waals surface area contributed by atoms with Crippen molar-refractivity contribution in [3.05, 3.63) is 52.2 Å². The maximum atomic E-state index is 6.17. The summed E-state index contributed by atoms with van der Waals surface area (Å²) >= 11 is 1.73. The van der Waals surface area contributed by atoms with Crippen molar-refractivity contribution in [3.8, 4) is 5.75 Å². The van der Waals surface area contributed by atoms with Crippen LogP contribution in [0.25, 0.3) is 0 Å². The molecule has 1 unspecified atom stereocenters. The molecule has 0 bridgehead atoms. The highest BCUT2D eigenvalue weighted by Gasteiger charge is 2.26. The van der Waals surface area contributed by atoms with Crippen LogP contribution < -0.4 is 10.5 Å². The Balaban J connectivity index is 1.95. The molecule has 0 saturated carbocycles. The second-order valence-electron chi connectivity index (χ2n) is 4.00. The van der Waals surface area contributed by atoms with E-state index in [0.717, 1.165) is 17.7 Å². The van der Waals surface area contributed by atoms with E-state index in [9.17, 15) is 0 Å². The minimum atomic E-state index is 0.0806. The average molecular weight is 231 g/mol. The zero-order chi connectivity index (χ0) is 11.0. The summed E-state index contributed by atoms with van der Waals surface area (Å²) in [5.74, 6) is 0.930. The number of hydrogen-bond acceptors (Lipinski definition) is 3. The molecule has 1 aromatic heterocycles. The van der Waals surface area contributed by atoms with Crippen molar-refractivity contribution in [2.75, 3.05) is 0 Å². The van der Waals surface area contributed by atoms with Gasteiger partial charge in [0.05, 0.1) is 0 Å². The summed E-state index contributed by atoms with van der Waals surface area (Å²) in [6.07, 6.45) is 0.974. The van der Waals surface area contributed by atoms with Gasteiger partial charge >= 0.3 is 0 Å². The van der Waals surface area contributed by atoms with Crippen molar-refractivity contribution in [3.63, 3.8) is 0 Å². The Kier molecular flexibility index (Phi) is 2.42. The van der Waals surface area contributed by atoms with Crippen molar-refractivity contribution in [2.45, 2.75) is 18.6 Å². The molecular formula is C13H13NOS. The van der Waals surface area contributed by atoms with Crippen LogP contribution >= 0.6 is 11.3 Å². The van der Waals surface area contributed by atoms with E-state index in [0.29, 0.717) is 0 Å². The summed E-state index contributed by atoms with van der Waals surface area (Å²) in [4.78, 5) is 1.25. The number of rotatable bonds is 1. The van der Waals surface area contributed by atoms with Gasteiger partial charge in [-0.2, -0.15) is 0 Å². The maximum absolute atomic E-state index is 6.17. The van der Waals surface area contributed by atoms with E-state index in [1.165, 1.54) is 4.88 Å². The van der Waals surface area contributed by atoms with Crippen LogP contribution in [0.2, 0.25) is 0 Å². The molecule has 3 rings (SSSR count). The molecule has 16 heavy (non-hydrogen) atoms. The molecule has 2 aromatic rings. The fraction of sp³-hybridized carbons (Fsp3) is 0.231. The van der Waals surface area contributed by atoms with Gasteiger partial charge < -0.3 is 10.5 Å². The van der Waals surface area contributed by atoms with Crippen LogP contribution in [0.5, 0.6) is 5.75 Å². The molecule has 2 N–H and O–H groups in total. The molecule has 0 radical (unpaired) electrons. The first-order valence-electron chi connectivity index (χ1n) is 5.39. The Morgan fingerprint density at radius 3 is 2.88 bits per heavy atom. The van der Waals surface area contributed by atoms with Gasteiger partial charge in [0.1, 0.15) is 11.9 Å². The van der Waals surface area contributed by atoms with Gasteiger partial charge in [-0.3, -0.25) is 0 Å². The van der Waals surface area contributed by atoms with Gasteiger partial charge in [0.25, 0.3) is 0 Å². The van der Waals surface area contributed by atoms with Gasteiger partial charge in [0, 0.05) is 22.9 Å². The molecule has 2 heterocycles. The lowest BCUT2D eigenvalue weighted by molar-refractivity contribution is 0.165. The molecule has 0 aliphatic carbocycles. The topological polar surface area (TPSA) is 35.2 Å². The Morgan fingerprint density at radius 1 is 1.19 bits per heavy atom. The Bertz CT molecular complexity index is 480. The van der Waals surface area contributed by atoms with Crippen molar-refractivity contribution < 1.29 is 4.74 Å². The summed E-state index contributed by atoms with van der Waals surface area (Å²) in [6, 6.07) is 12.3. The smallest absolute Gasteiger partial charge is 0.135 e. The zero-order valence-electron chi connectivity index (χ0n) is 8.80. The molecule has 0 amide bonds. The van der Waals surface area contributed by atoms with Crippen LogP contribution in [0, 0.1) is 0 Å². The summed E-state index contributed by atoms with van der Waals surface area (Å²) in [7, 11) is 0. The molecule has 0 saturated heterocycles. The second-order valence-corrected chi connectivity index (χ2v) is 4.98. The van der Waals surface area contributed by atoms with Crippen molar-refractivity contribution in [1.82, 2.24) is 0 Å². The lowest BCUT2D eigenvalue weighted by Crippen LogP contribution is -2.23. The van der Waals surface area contributed by atoms with Crippen molar-refractivity contribution in [1.29, 1.82) is 0 Å². The van der Waals surface area contributed by atoms with E-state index in [1.54, 1.807) is 11.3 Å². The quantitative estimate of drug-likeness (QED) is 0.817. The molecule has 1 aliphatic rings. The fourth-order valence-corrected chi connectivity index (χ4v) is 2.87. The van der Waals surface area contributed by atoms with Crippen molar-refractivity contribution >= 4 is 11.3 Å². The Hall–Kier alpha value is -1.32. The third-order valence-electron chi connectivity index (χ3n) is 2.92. The summed E-state index contributed by atoms with van der Waals surface area (Å²) in [6.45, 7) is 0. The largest absolute Gasteiger partial charge is 0.484 e. The van der Waals surface area contributed by atoms with Gasteiger partial charge in [-0.05, 0) is 17.5 Å². The lowest BCUT2D eigenvalue weighted by atomic mass is 9.97. The summed E-state index contributed by atoms with van der Waals surface area (Å²) in [5, 5.41) is 2.07. The third-order valence-corrected chi connectivity index (χ3v) is 3.88. The highest BCUT2D eigenvalue weighted by atomic mass is 32.1. The predicted molar refractivity (Wildman–Crippen MR) is 65.7 cm³/mol. The molecule has 1 aliphatic heterocycles. The van der Waals surface area contributed by atoms with Gasteiger partial charge in [-0.25, -0.2) is 0 Å². The monoisotopic (exact) mass is 231 g/mol. The van der Waals surface area contributed by atoms with Crippen LogP contribution in [0.3, 0.4) is 0 Å². The fourth-order valence-electron chi connectivity index (χ4n) is 2.10. The maximum Gasteiger partial charge on any atom is 0.135 e. The van der Waals surface area contributed by atoms with Crippen LogP contribution in [0.1, 0.15) is 29.0 Å². The number of fused-ring (bicyclic) bond motifs is 1. The van der Waals surface area contributed by atoms with Crippen LogP contribution in [0.4, 0.5) is 0 Å². The molecule has 2 atom stereocenters. The predicted octanol–water partition coefficient (Wildman–Crippen LogP) is 3.27. The van der Waals surface area contributed by atoms with Gasteiger partial charge in [-0.15, -0.1) is 11.3 Å². The first-order chi connectivity index (χ1) is 7.84. The summed E-state index contributed by atoms with van der Waals surface area (Å²) in [5.41, 5.74) is 7.29. The number of benzene rings is 1. The minimum absolute atomic E-state index is 0.0806. The van der Waals surface area contributed by atoms with Gasteiger partial charge in [0.2, 0.25) is 0 Å². The number of hydrogen-bond donors (Lipinski definition) is 1. The van der Waals surface area contributed by atoms with Gasteiger partial charge in [-0.1, -0.05) is 24.3 Å². The lowest BCUT2D eigenvalue weighted by Gasteiger charge is -2.29. The average Bonchev–Trinajstić information content (AvgIpc) is 2.82. The number of ether oxygens (including phenoxy) is 1. The van der Waals surface area contributed by atoms with Gasteiger partial charge in [0.15, 0.2) is 0 Å². The molecular weight excluding hydrogens is 218 g/mol. The van der Waals surface area contributed by atoms with E-state index >= 15 is 0 Å². The Labute approximate surface area is 98.7 Å². The third kappa shape index (κ3) is 1.62. The van der Waals surface area contributed by atoms with Crippen LogP contribution in [0.15, 0.2) is 41.8 Å². The zero-order valence-corrected chi connectivity index (χ0v) is 9.61. The standard InChI is InChI=1S/C13H13NOS/c14-10-8-12(13-6-3-7-16-13)15-11-5-2-1-4-9(10)11/h1-7,10,12H,8,14H2/t10-,12?/m0/s1. The second kappa shape index (κ2) is 3.92. The molecule has 2 nitrogen and oxygen atoms in total. The first kappa shape index (κ1) is 9.87. The van der Waals surface area contributed by atoms with E-state index < -0.39 is 0 Å². The minimum Gasteiger partial charge on any atom is -0.484 e. The number of para-hydroxylation sites is 1. The van der Waals surface area contributed by atoms with E-state index in [1.807, 2.05) is 24.3 Å². The normalized spacial score (nSPS) is 23.6. The van der Waals surface area contributed by atoms with Crippen molar-refractivity contribution in [2.24, 2.45) is 5.73 Å². The van der Waals surface area contributed by atoms with E-state index in [2.05, 4.69) is 17.5 Å². The van der Waals surface area contributed by atoms with Crippen LogP contribution in [-0.2, 0) is 0 Å². The van der Waals surface area contributed by atoms with Crippen LogP contribution in [-0.4, -0.2) is 0 Å². The first-order valence-corrected chi connectivity index (χ1v) is 6.27. The highest BCUT2D eigenvalue weighted by Crippen LogP contribution is 2.40. The van der Waals surface area contributed by atoms with E-state index in [-0.39, 0.29) is 12.1 Å². The molecule has 1 aromatic carbocycles. The number of thiophene rings is 1. The Morgan fingerprint density at radius 2 is 2.06 bits per heavy atom. The SMILES string of the molecule is N[C@H]1CC(c2cccs2)Oc2ccccc21. The highest BCUT2D eigenvalue weighted by molar-refractivity contribution is 7.10. The molecule has 0 spiro atoms.